The van der Waals surface area contributed by atoms with Crippen molar-refractivity contribution in [1.82, 2.24) is 4.98 Å². The van der Waals surface area contributed by atoms with Crippen LogP contribution in [0.3, 0.4) is 0 Å². The zero-order valence-electron chi connectivity index (χ0n) is 9.14. The number of nitrogens with one attached hydrogen (secondary N) is 1. The second-order valence-corrected chi connectivity index (χ2v) is 4.57. The molecular formula is C12H10FN3S. The van der Waals surface area contributed by atoms with Gasteiger partial charge in [0.25, 0.3) is 0 Å². The van der Waals surface area contributed by atoms with Crippen molar-refractivity contribution in [2.75, 3.05) is 5.32 Å². The minimum absolute atomic E-state index is 0.298. The number of nitrogens with zero attached hydrogens (tertiary/aromatic N) is 2. The zero-order chi connectivity index (χ0) is 12.3. The molecule has 0 aliphatic carbocycles. The highest BCUT2D eigenvalue weighted by molar-refractivity contribution is 7.09. The largest absolute Gasteiger partial charge is 0.365 e. The third kappa shape index (κ3) is 2.80. The number of anilines is 1. The quantitative estimate of drug-likeness (QED) is 0.905. The van der Waals surface area contributed by atoms with Gasteiger partial charge in [-0.3, -0.25) is 0 Å². The summed E-state index contributed by atoms with van der Waals surface area (Å²) < 4.78 is 12.7. The standard InChI is InChI=1S/C12H10FN3S/c1-8-15-12(7-17-8)11(6-14)16-10-4-2-9(13)3-5-10/h2-5,7,11,16H,1H3. The molecule has 0 bridgehead atoms. The van der Waals surface area contributed by atoms with Crippen molar-refractivity contribution >= 4 is 17.0 Å². The van der Waals surface area contributed by atoms with E-state index in [0.29, 0.717) is 11.4 Å². The number of halogens is 1. The third-order valence-electron chi connectivity index (χ3n) is 2.22. The summed E-state index contributed by atoms with van der Waals surface area (Å²) in [6.07, 6.45) is 0. The van der Waals surface area contributed by atoms with Gasteiger partial charge >= 0.3 is 0 Å². The normalized spacial score (nSPS) is 11.8. The second-order valence-electron chi connectivity index (χ2n) is 3.50. The highest BCUT2D eigenvalue weighted by atomic mass is 32.1. The molecule has 0 radical (unpaired) electrons. The zero-order valence-corrected chi connectivity index (χ0v) is 9.96. The number of thiazole rings is 1. The Balaban J connectivity index is 2.16. The van der Waals surface area contributed by atoms with Crippen molar-refractivity contribution in [3.63, 3.8) is 0 Å². The van der Waals surface area contributed by atoms with Crippen molar-refractivity contribution in [2.24, 2.45) is 0 Å². The fourth-order valence-corrected chi connectivity index (χ4v) is 2.04. The predicted molar refractivity (Wildman–Crippen MR) is 65.2 cm³/mol. The summed E-state index contributed by atoms with van der Waals surface area (Å²) in [6.45, 7) is 1.89. The van der Waals surface area contributed by atoms with Crippen molar-refractivity contribution < 1.29 is 4.39 Å². The lowest BCUT2D eigenvalue weighted by molar-refractivity contribution is 0.628. The molecule has 1 aromatic carbocycles. The summed E-state index contributed by atoms with van der Waals surface area (Å²) in [5, 5.41) is 14.8. The van der Waals surface area contributed by atoms with Crippen LogP contribution in [0, 0.1) is 24.1 Å². The molecular weight excluding hydrogens is 237 g/mol. The summed E-state index contributed by atoms with van der Waals surface area (Å²) in [5.41, 5.74) is 1.39. The fourth-order valence-electron chi connectivity index (χ4n) is 1.40. The summed E-state index contributed by atoms with van der Waals surface area (Å²) in [6, 6.07) is 7.52. The molecule has 0 amide bonds. The topological polar surface area (TPSA) is 48.7 Å². The average molecular weight is 247 g/mol. The maximum atomic E-state index is 12.7. The molecule has 1 heterocycles. The third-order valence-corrected chi connectivity index (χ3v) is 3.01. The Labute approximate surface area is 103 Å². The molecule has 0 aliphatic rings. The first-order chi connectivity index (χ1) is 8.19. The molecule has 0 saturated carbocycles. The number of hydrogen-bond acceptors (Lipinski definition) is 4. The van der Waals surface area contributed by atoms with Gasteiger partial charge in [-0.25, -0.2) is 9.37 Å². The van der Waals surface area contributed by atoms with Crippen LogP contribution in [0.1, 0.15) is 16.7 Å². The van der Waals surface area contributed by atoms with E-state index in [0.717, 1.165) is 5.01 Å². The lowest BCUT2D eigenvalue weighted by Crippen LogP contribution is -2.08. The van der Waals surface area contributed by atoms with E-state index in [1.165, 1.54) is 23.5 Å². The van der Waals surface area contributed by atoms with Crippen LogP contribution in [0.5, 0.6) is 0 Å². The summed E-state index contributed by atoms with van der Waals surface area (Å²) in [7, 11) is 0. The Morgan fingerprint density at radius 2 is 2.12 bits per heavy atom. The minimum Gasteiger partial charge on any atom is -0.365 e. The first-order valence-electron chi connectivity index (χ1n) is 5.03. The molecule has 86 valence electrons. The van der Waals surface area contributed by atoms with Crippen LogP contribution < -0.4 is 5.32 Å². The molecule has 1 N–H and O–H groups in total. The van der Waals surface area contributed by atoms with E-state index >= 15 is 0 Å². The Kier molecular flexibility index (Phi) is 3.35. The number of nitriles is 1. The first-order valence-corrected chi connectivity index (χ1v) is 5.91. The van der Waals surface area contributed by atoms with Gasteiger partial charge in [0.1, 0.15) is 5.82 Å². The van der Waals surface area contributed by atoms with Gasteiger partial charge in [0.15, 0.2) is 6.04 Å². The van der Waals surface area contributed by atoms with Crippen LogP contribution in [0.2, 0.25) is 0 Å². The van der Waals surface area contributed by atoms with Gasteiger partial charge in [0, 0.05) is 11.1 Å². The lowest BCUT2D eigenvalue weighted by Gasteiger charge is -2.10. The number of hydrogen-bond donors (Lipinski definition) is 1. The molecule has 0 saturated heterocycles. The van der Waals surface area contributed by atoms with E-state index in [1.807, 2.05) is 12.3 Å². The number of aromatic nitrogens is 1. The minimum atomic E-state index is -0.509. The van der Waals surface area contributed by atoms with Crippen LogP contribution >= 0.6 is 11.3 Å². The molecule has 0 fully saturated rings. The lowest BCUT2D eigenvalue weighted by atomic mass is 10.2. The van der Waals surface area contributed by atoms with Crippen LogP contribution in [-0.2, 0) is 0 Å². The number of aryl methyl sites for hydroxylation is 1. The van der Waals surface area contributed by atoms with E-state index in [-0.39, 0.29) is 5.82 Å². The molecule has 5 heteroatoms. The molecule has 0 aliphatic heterocycles. The molecule has 1 aromatic heterocycles. The monoisotopic (exact) mass is 247 g/mol. The van der Waals surface area contributed by atoms with E-state index in [1.54, 1.807) is 12.1 Å². The number of benzene rings is 1. The molecule has 17 heavy (non-hydrogen) atoms. The van der Waals surface area contributed by atoms with Crippen LogP contribution in [0.15, 0.2) is 29.6 Å². The van der Waals surface area contributed by atoms with Gasteiger partial charge in [-0.05, 0) is 31.2 Å². The first kappa shape index (κ1) is 11.6. The highest BCUT2D eigenvalue weighted by Crippen LogP contribution is 2.20. The van der Waals surface area contributed by atoms with Gasteiger partial charge < -0.3 is 5.32 Å². The van der Waals surface area contributed by atoms with Gasteiger partial charge in [0.2, 0.25) is 0 Å². The average Bonchev–Trinajstić information content (AvgIpc) is 2.75. The smallest absolute Gasteiger partial charge is 0.158 e. The van der Waals surface area contributed by atoms with Gasteiger partial charge in [-0.1, -0.05) is 0 Å². The van der Waals surface area contributed by atoms with Crippen LogP contribution in [0.25, 0.3) is 0 Å². The maximum Gasteiger partial charge on any atom is 0.158 e. The van der Waals surface area contributed by atoms with Crippen LogP contribution in [-0.4, -0.2) is 4.98 Å². The van der Waals surface area contributed by atoms with Crippen LogP contribution in [0.4, 0.5) is 10.1 Å². The molecule has 1 atom stereocenters. The van der Waals surface area contributed by atoms with E-state index in [9.17, 15) is 4.39 Å². The summed E-state index contributed by atoms with van der Waals surface area (Å²) in [4.78, 5) is 4.26. The molecule has 2 aromatic rings. The SMILES string of the molecule is Cc1nc(C(C#N)Nc2ccc(F)cc2)cs1. The van der Waals surface area contributed by atoms with E-state index in [4.69, 9.17) is 5.26 Å². The predicted octanol–water partition coefficient (Wildman–Crippen LogP) is 3.27. The highest BCUT2D eigenvalue weighted by Gasteiger charge is 2.13. The molecule has 3 nitrogen and oxygen atoms in total. The summed E-state index contributed by atoms with van der Waals surface area (Å²) in [5.74, 6) is -0.298. The van der Waals surface area contributed by atoms with Crippen molar-refractivity contribution in [2.45, 2.75) is 13.0 Å². The van der Waals surface area contributed by atoms with Gasteiger partial charge in [-0.2, -0.15) is 5.26 Å². The Morgan fingerprint density at radius 1 is 1.41 bits per heavy atom. The Morgan fingerprint density at radius 3 is 2.65 bits per heavy atom. The van der Waals surface area contributed by atoms with E-state index < -0.39 is 6.04 Å². The summed E-state index contributed by atoms with van der Waals surface area (Å²) >= 11 is 1.50. The molecule has 2 rings (SSSR count). The second kappa shape index (κ2) is 4.93. The van der Waals surface area contributed by atoms with Crippen molar-refractivity contribution in [3.05, 3.63) is 46.2 Å². The molecule has 1 unspecified atom stereocenters. The van der Waals surface area contributed by atoms with Crippen molar-refractivity contribution in [3.8, 4) is 6.07 Å². The Hall–Kier alpha value is -1.93. The fraction of sp³-hybridized carbons (Fsp3) is 0.167. The van der Waals surface area contributed by atoms with Gasteiger partial charge in [0.05, 0.1) is 16.8 Å². The number of rotatable bonds is 3. The Bertz CT molecular complexity index is 542. The molecule has 0 spiro atoms. The van der Waals surface area contributed by atoms with E-state index in [2.05, 4.69) is 16.4 Å². The van der Waals surface area contributed by atoms with Gasteiger partial charge in [-0.15, -0.1) is 11.3 Å². The van der Waals surface area contributed by atoms with Crippen molar-refractivity contribution in [1.29, 1.82) is 5.26 Å². The maximum absolute atomic E-state index is 12.7.